The normalized spacial score (nSPS) is 17.0. The van der Waals surface area contributed by atoms with E-state index in [4.69, 9.17) is 9.15 Å². The van der Waals surface area contributed by atoms with Gasteiger partial charge in [0.2, 0.25) is 5.89 Å². The second-order valence-electron chi connectivity index (χ2n) is 9.92. The van der Waals surface area contributed by atoms with Gasteiger partial charge in [0, 0.05) is 0 Å². The van der Waals surface area contributed by atoms with E-state index in [1.807, 2.05) is 54.6 Å². The molecule has 1 atom stereocenters. The van der Waals surface area contributed by atoms with Crippen LogP contribution in [0.5, 0.6) is 5.75 Å². The first-order valence-electron chi connectivity index (χ1n) is 12.0. The summed E-state index contributed by atoms with van der Waals surface area (Å²) in [5.41, 5.74) is 0.426. The van der Waals surface area contributed by atoms with Gasteiger partial charge in [-0.15, -0.1) is 10.2 Å². The smallest absolute Gasteiger partial charge is 0.271 e. The van der Waals surface area contributed by atoms with Gasteiger partial charge in [-0.05, 0) is 36.1 Å². The van der Waals surface area contributed by atoms with E-state index in [1.54, 1.807) is 0 Å². The maximum Gasteiger partial charge on any atom is 0.271 e. The molecule has 1 fully saturated rings. The van der Waals surface area contributed by atoms with Crippen LogP contribution in [0.4, 0.5) is 0 Å². The topological polar surface area (TPSA) is 71.2 Å². The minimum atomic E-state index is -1.50. The zero-order chi connectivity index (χ0) is 23.3. The van der Waals surface area contributed by atoms with Gasteiger partial charge in [-0.2, -0.15) is 0 Å². The van der Waals surface area contributed by atoms with Gasteiger partial charge in [-0.1, -0.05) is 80.1 Å². The molecule has 0 aliphatic heterocycles. The van der Waals surface area contributed by atoms with Crippen LogP contribution in [-0.2, 0) is 12.1 Å². The monoisotopic (exact) mass is 449 g/mol. The number of rotatable bonds is 9. The van der Waals surface area contributed by atoms with Gasteiger partial charge in [-0.25, -0.2) is 0 Å². The molecule has 2 aromatic carbocycles. The third-order valence-electron chi connectivity index (χ3n) is 6.72. The quantitative estimate of drug-likeness (QED) is 0.458. The van der Waals surface area contributed by atoms with Gasteiger partial charge >= 0.3 is 0 Å². The zero-order valence-electron chi connectivity index (χ0n) is 20.0. The molecular weight excluding hydrogens is 414 g/mol. The summed E-state index contributed by atoms with van der Waals surface area (Å²) in [6, 6.07) is 17.6. The van der Waals surface area contributed by atoms with E-state index in [-0.39, 0.29) is 11.8 Å². The summed E-state index contributed by atoms with van der Waals surface area (Å²) in [5, 5.41) is 23.0. The molecule has 1 unspecified atom stereocenters. The van der Waals surface area contributed by atoms with Crippen molar-refractivity contribution in [3.8, 4) is 5.75 Å². The van der Waals surface area contributed by atoms with Crippen LogP contribution in [0.25, 0.3) is 0 Å². The van der Waals surface area contributed by atoms with E-state index in [0.29, 0.717) is 29.1 Å². The van der Waals surface area contributed by atoms with Crippen molar-refractivity contribution < 1.29 is 18.7 Å². The van der Waals surface area contributed by atoms with Crippen LogP contribution in [0.2, 0.25) is 0 Å². The SMILES string of the molecule is Cc1ccc(OCC[N+](C)(C)Cc2nnc(C([O-])(c3ccccc3)C3CCCCC3)o2)cc1. The van der Waals surface area contributed by atoms with Crippen molar-refractivity contribution in [2.75, 3.05) is 27.2 Å². The molecule has 1 aliphatic carbocycles. The van der Waals surface area contributed by atoms with Crippen LogP contribution in [0.3, 0.4) is 0 Å². The van der Waals surface area contributed by atoms with Crippen molar-refractivity contribution in [1.29, 1.82) is 0 Å². The van der Waals surface area contributed by atoms with Crippen molar-refractivity contribution in [2.45, 2.75) is 51.2 Å². The highest BCUT2D eigenvalue weighted by Crippen LogP contribution is 2.41. The van der Waals surface area contributed by atoms with Crippen molar-refractivity contribution >= 4 is 0 Å². The Bertz CT molecular complexity index is 1010. The molecule has 1 saturated carbocycles. The Hall–Kier alpha value is -2.70. The van der Waals surface area contributed by atoms with Gasteiger partial charge < -0.3 is 18.7 Å². The van der Waals surface area contributed by atoms with Crippen molar-refractivity contribution in [1.82, 2.24) is 10.2 Å². The number of likely N-dealkylation sites (N-methyl/N-ethyl adjacent to an activating group) is 1. The predicted molar refractivity (Wildman–Crippen MR) is 125 cm³/mol. The van der Waals surface area contributed by atoms with E-state index in [2.05, 4.69) is 31.2 Å². The van der Waals surface area contributed by atoms with Crippen molar-refractivity contribution in [3.05, 3.63) is 77.5 Å². The fourth-order valence-corrected chi connectivity index (χ4v) is 4.69. The minimum absolute atomic E-state index is 0.0349. The van der Waals surface area contributed by atoms with Crippen LogP contribution in [0.1, 0.15) is 55.0 Å². The summed E-state index contributed by atoms with van der Waals surface area (Å²) in [7, 11) is 4.20. The van der Waals surface area contributed by atoms with Crippen molar-refractivity contribution in [3.63, 3.8) is 0 Å². The number of hydrogen-bond donors (Lipinski definition) is 0. The molecule has 1 aliphatic rings. The first kappa shape index (κ1) is 23.5. The number of benzene rings is 2. The molecular formula is C27H35N3O3. The Labute approximate surface area is 196 Å². The Kier molecular flexibility index (Phi) is 7.15. The number of ether oxygens (including phenoxy) is 1. The van der Waals surface area contributed by atoms with Gasteiger partial charge in [-0.3, -0.25) is 0 Å². The molecule has 1 aromatic heterocycles. The molecule has 4 rings (SSSR count). The van der Waals surface area contributed by atoms with Gasteiger partial charge in [0.05, 0.1) is 14.1 Å². The van der Waals surface area contributed by atoms with Gasteiger partial charge in [0.1, 0.15) is 18.9 Å². The van der Waals surface area contributed by atoms with E-state index in [9.17, 15) is 5.11 Å². The van der Waals surface area contributed by atoms with Gasteiger partial charge in [0.15, 0.2) is 6.54 Å². The molecule has 0 amide bonds. The molecule has 0 radical (unpaired) electrons. The average molecular weight is 450 g/mol. The highest BCUT2D eigenvalue weighted by molar-refractivity contribution is 5.29. The summed E-state index contributed by atoms with van der Waals surface area (Å²) in [5.74, 6) is 1.53. The maximum absolute atomic E-state index is 14.4. The molecule has 1 heterocycles. The second kappa shape index (κ2) is 10.1. The number of quaternary nitrogens is 1. The largest absolute Gasteiger partial charge is 0.839 e. The summed E-state index contributed by atoms with van der Waals surface area (Å²) in [6.45, 7) is 3.95. The predicted octanol–water partition coefficient (Wildman–Crippen LogP) is 4.22. The van der Waals surface area contributed by atoms with Gasteiger partial charge in [0.25, 0.3) is 5.89 Å². The molecule has 0 saturated heterocycles. The lowest BCUT2D eigenvalue weighted by molar-refractivity contribution is -0.904. The lowest BCUT2D eigenvalue weighted by Gasteiger charge is -2.46. The third kappa shape index (κ3) is 5.63. The lowest BCUT2D eigenvalue weighted by Crippen LogP contribution is -2.49. The Morgan fingerprint density at radius 1 is 1.00 bits per heavy atom. The van der Waals surface area contributed by atoms with Crippen LogP contribution in [-0.4, -0.2) is 41.9 Å². The minimum Gasteiger partial charge on any atom is -0.839 e. The van der Waals surface area contributed by atoms with E-state index in [1.165, 1.54) is 12.0 Å². The first-order valence-corrected chi connectivity index (χ1v) is 12.0. The van der Waals surface area contributed by atoms with E-state index in [0.717, 1.165) is 38.0 Å². The highest BCUT2D eigenvalue weighted by atomic mass is 16.5. The standard InChI is InChI=1S/C27H35N3O3/c1-21-14-16-24(17-15-21)32-19-18-30(2,3)20-25-28-29-26(33-25)27(31,22-10-6-4-7-11-22)23-12-8-5-9-13-23/h4,6-7,10-11,14-17,23H,5,8-9,12-13,18-20H2,1-3H3. The average Bonchev–Trinajstić information content (AvgIpc) is 3.29. The maximum atomic E-state index is 14.4. The van der Waals surface area contributed by atoms with Crippen molar-refractivity contribution in [2.24, 2.45) is 5.92 Å². The molecule has 6 nitrogen and oxygen atoms in total. The number of aromatic nitrogens is 2. The molecule has 33 heavy (non-hydrogen) atoms. The van der Waals surface area contributed by atoms with Crippen LogP contribution in [0.15, 0.2) is 59.0 Å². The van der Waals surface area contributed by atoms with E-state index < -0.39 is 5.60 Å². The fourth-order valence-electron chi connectivity index (χ4n) is 4.69. The molecule has 0 bridgehead atoms. The van der Waals surface area contributed by atoms with Crippen LogP contribution in [0, 0.1) is 12.8 Å². The second-order valence-corrected chi connectivity index (χ2v) is 9.92. The van der Waals surface area contributed by atoms with E-state index >= 15 is 0 Å². The lowest BCUT2D eigenvalue weighted by atomic mass is 9.73. The highest BCUT2D eigenvalue weighted by Gasteiger charge is 2.37. The Balaban J connectivity index is 1.46. The first-order chi connectivity index (χ1) is 15.9. The van der Waals surface area contributed by atoms with Crippen LogP contribution >= 0.6 is 0 Å². The summed E-state index contributed by atoms with van der Waals surface area (Å²) in [4.78, 5) is 0. The summed E-state index contributed by atoms with van der Waals surface area (Å²) >= 11 is 0. The summed E-state index contributed by atoms with van der Waals surface area (Å²) < 4.78 is 12.6. The Morgan fingerprint density at radius 3 is 2.39 bits per heavy atom. The molecule has 6 heteroatoms. The summed E-state index contributed by atoms with van der Waals surface area (Å²) in [6.07, 6.45) is 5.13. The zero-order valence-corrected chi connectivity index (χ0v) is 20.0. The molecule has 3 aromatic rings. The van der Waals surface area contributed by atoms with Crippen LogP contribution < -0.4 is 9.84 Å². The Morgan fingerprint density at radius 2 is 1.70 bits per heavy atom. The number of nitrogens with zero attached hydrogens (tertiary/aromatic N) is 3. The number of aryl methyl sites for hydroxylation is 1. The molecule has 0 N–H and O–H groups in total. The fraction of sp³-hybridized carbons (Fsp3) is 0.481. The number of hydrogen-bond acceptors (Lipinski definition) is 5. The molecule has 176 valence electrons. The molecule has 0 spiro atoms. The third-order valence-corrected chi connectivity index (χ3v) is 6.72.